The van der Waals surface area contributed by atoms with E-state index in [1.807, 2.05) is 25.3 Å². The van der Waals surface area contributed by atoms with Gasteiger partial charge in [0.25, 0.3) is 10.1 Å². The molecular formula is C20H23N3O3S. The molecule has 27 heavy (non-hydrogen) atoms. The second-order valence-electron chi connectivity index (χ2n) is 6.37. The topological polar surface area (TPSA) is 74.1 Å². The van der Waals surface area contributed by atoms with Crippen LogP contribution < -0.4 is 0 Å². The van der Waals surface area contributed by atoms with E-state index in [1.165, 1.54) is 5.56 Å². The zero-order chi connectivity index (χ0) is 19.3. The second kappa shape index (κ2) is 8.45. The number of nitrogens with zero attached hydrogens (tertiary/aromatic N) is 3. The molecule has 6 nitrogen and oxygen atoms in total. The lowest BCUT2D eigenvalue weighted by Gasteiger charge is -2.05. The van der Waals surface area contributed by atoms with Crippen molar-refractivity contribution >= 4 is 10.1 Å². The standard InChI is InChI=1S/C20H23N3O3S/c1-3-17-6-4-8-19(14-17)23-15-18(21-22-23)7-5-13-26-27(24,25)20-11-9-16(2)10-12-20/h4,6,8-12,14-15H,3,5,7,13H2,1-2H3. The van der Waals surface area contributed by atoms with Crippen molar-refractivity contribution in [1.29, 1.82) is 0 Å². The molecule has 0 amide bonds. The lowest BCUT2D eigenvalue weighted by atomic mass is 10.1. The van der Waals surface area contributed by atoms with Crippen LogP contribution in [-0.2, 0) is 27.1 Å². The van der Waals surface area contributed by atoms with E-state index in [1.54, 1.807) is 28.9 Å². The minimum Gasteiger partial charge on any atom is -0.266 e. The van der Waals surface area contributed by atoms with Crippen LogP contribution in [0.2, 0.25) is 0 Å². The molecule has 0 fully saturated rings. The summed E-state index contributed by atoms with van der Waals surface area (Å²) in [5, 5.41) is 8.31. The molecule has 142 valence electrons. The Balaban J connectivity index is 1.54. The molecule has 7 heteroatoms. The molecule has 0 aliphatic carbocycles. The Morgan fingerprint density at radius 2 is 1.89 bits per heavy atom. The molecule has 3 aromatic rings. The summed E-state index contributed by atoms with van der Waals surface area (Å²) < 4.78 is 31.2. The highest BCUT2D eigenvalue weighted by molar-refractivity contribution is 7.86. The number of benzene rings is 2. The van der Waals surface area contributed by atoms with Gasteiger partial charge in [-0.3, -0.25) is 4.18 Å². The highest BCUT2D eigenvalue weighted by atomic mass is 32.2. The largest absolute Gasteiger partial charge is 0.296 e. The molecule has 2 aromatic carbocycles. The second-order valence-corrected chi connectivity index (χ2v) is 7.99. The van der Waals surface area contributed by atoms with Crippen molar-refractivity contribution in [3.63, 3.8) is 0 Å². The molecule has 1 aromatic heterocycles. The monoisotopic (exact) mass is 385 g/mol. The molecule has 0 N–H and O–H groups in total. The number of rotatable bonds is 8. The predicted molar refractivity (Wildman–Crippen MR) is 103 cm³/mol. The zero-order valence-corrected chi connectivity index (χ0v) is 16.3. The summed E-state index contributed by atoms with van der Waals surface area (Å²) >= 11 is 0. The molecule has 0 radical (unpaired) electrons. The maximum absolute atomic E-state index is 12.1. The molecule has 1 heterocycles. The van der Waals surface area contributed by atoms with E-state index in [4.69, 9.17) is 4.18 Å². The summed E-state index contributed by atoms with van der Waals surface area (Å²) in [7, 11) is -3.72. The van der Waals surface area contributed by atoms with E-state index in [0.717, 1.165) is 23.4 Å². The fourth-order valence-corrected chi connectivity index (χ4v) is 3.60. The number of hydrogen-bond acceptors (Lipinski definition) is 5. The van der Waals surface area contributed by atoms with Gasteiger partial charge in [-0.1, -0.05) is 42.0 Å². The fourth-order valence-electron chi connectivity index (χ4n) is 2.65. The van der Waals surface area contributed by atoms with Gasteiger partial charge in [-0.15, -0.1) is 5.10 Å². The van der Waals surface area contributed by atoms with Gasteiger partial charge in [-0.05, 0) is 56.0 Å². The van der Waals surface area contributed by atoms with Crippen molar-refractivity contribution < 1.29 is 12.6 Å². The van der Waals surface area contributed by atoms with Crippen molar-refractivity contribution in [1.82, 2.24) is 15.0 Å². The Labute approximate surface area is 159 Å². The highest BCUT2D eigenvalue weighted by Gasteiger charge is 2.14. The van der Waals surface area contributed by atoms with Crippen LogP contribution in [0, 0.1) is 6.92 Å². The van der Waals surface area contributed by atoms with Crippen LogP contribution in [0.25, 0.3) is 5.69 Å². The van der Waals surface area contributed by atoms with Gasteiger partial charge in [0.2, 0.25) is 0 Å². The first-order valence-electron chi connectivity index (χ1n) is 8.94. The lowest BCUT2D eigenvalue weighted by Crippen LogP contribution is -2.08. The summed E-state index contributed by atoms with van der Waals surface area (Å²) in [6, 6.07) is 14.8. The third kappa shape index (κ3) is 5.02. The Morgan fingerprint density at radius 3 is 2.63 bits per heavy atom. The van der Waals surface area contributed by atoms with Crippen molar-refractivity contribution in [3.8, 4) is 5.69 Å². The van der Waals surface area contributed by atoms with Crippen LogP contribution in [0.5, 0.6) is 0 Å². The Hall–Kier alpha value is -2.51. The summed E-state index contributed by atoms with van der Waals surface area (Å²) in [5.41, 5.74) is 4.00. The van der Waals surface area contributed by atoms with Crippen LogP contribution in [-0.4, -0.2) is 30.0 Å². The summed E-state index contributed by atoms with van der Waals surface area (Å²) in [6.45, 7) is 4.12. The molecular weight excluding hydrogens is 362 g/mol. The molecule has 0 unspecified atom stereocenters. The van der Waals surface area contributed by atoms with Gasteiger partial charge in [-0.2, -0.15) is 8.42 Å². The molecule has 0 spiro atoms. The van der Waals surface area contributed by atoms with Gasteiger partial charge in [0.15, 0.2) is 0 Å². The van der Waals surface area contributed by atoms with E-state index in [9.17, 15) is 8.42 Å². The quantitative estimate of drug-likeness (QED) is 0.438. The van der Waals surface area contributed by atoms with Crippen molar-refractivity contribution in [2.45, 2.75) is 38.0 Å². The number of hydrogen-bond donors (Lipinski definition) is 0. The van der Waals surface area contributed by atoms with Crippen molar-refractivity contribution in [3.05, 3.63) is 71.5 Å². The van der Waals surface area contributed by atoms with E-state index < -0.39 is 10.1 Å². The van der Waals surface area contributed by atoms with Gasteiger partial charge in [0.1, 0.15) is 0 Å². The average Bonchev–Trinajstić information content (AvgIpc) is 3.15. The first-order chi connectivity index (χ1) is 13.0. The molecule has 0 saturated carbocycles. The van der Waals surface area contributed by atoms with E-state index >= 15 is 0 Å². The third-order valence-electron chi connectivity index (χ3n) is 4.25. The smallest absolute Gasteiger partial charge is 0.266 e. The Kier molecular flexibility index (Phi) is 6.03. The minimum atomic E-state index is -3.72. The first-order valence-corrected chi connectivity index (χ1v) is 10.4. The summed E-state index contributed by atoms with van der Waals surface area (Å²) in [4.78, 5) is 0.176. The van der Waals surface area contributed by atoms with Crippen LogP contribution in [0.4, 0.5) is 0 Å². The summed E-state index contributed by atoms with van der Waals surface area (Å²) in [6.07, 6.45) is 3.96. The fraction of sp³-hybridized carbons (Fsp3) is 0.300. The maximum Gasteiger partial charge on any atom is 0.296 e. The maximum atomic E-state index is 12.1. The average molecular weight is 385 g/mol. The predicted octanol–water partition coefficient (Wildman–Crippen LogP) is 3.48. The van der Waals surface area contributed by atoms with Crippen LogP contribution in [0.3, 0.4) is 0 Å². The molecule has 0 saturated heterocycles. The van der Waals surface area contributed by atoms with Gasteiger partial charge < -0.3 is 0 Å². The molecule has 0 atom stereocenters. The Morgan fingerprint density at radius 1 is 1.11 bits per heavy atom. The van der Waals surface area contributed by atoms with Crippen LogP contribution in [0.15, 0.2) is 59.6 Å². The summed E-state index contributed by atoms with van der Waals surface area (Å²) in [5.74, 6) is 0. The van der Waals surface area contributed by atoms with Gasteiger partial charge >= 0.3 is 0 Å². The van der Waals surface area contributed by atoms with Crippen molar-refractivity contribution in [2.24, 2.45) is 0 Å². The lowest BCUT2D eigenvalue weighted by molar-refractivity contribution is 0.312. The normalized spacial score (nSPS) is 11.6. The molecule has 0 bridgehead atoms. The first kappa shape index (κ1) is 19.3. The molecule has 0 aliphatic heterocycles. The van der Waals surface area contributed by atoms with Crippen LogP contribution in [0.1, 0.15) is 30.2 Å². The van der Waals surface area contributed by atoms with E-state index in [2.05, 4.69) is 29.4 Å². The zero-order valence-electron chi connectivity index (χ0n) is 15.5. The van der Waals surface area contributed by atoms with Crippen molar-refractivity contribution in [2.75, 3.05) is 6.61 Å². The minimum absolute atomic E-state index is 0.106. The molecule has 0 aliphatic rings. The van der Waals surface area contributed by atoms with Crippen LogP contribution >= 0.6 is 0 Å². The molecule has 3 rings (SSSR count). The number of aryl methyl sites for hydroxylation is 3. The SMILES string of the molecule is CCc1cccc(-n2cc(CCCOS(=O)(=O)c3ccc(C)cc3)nn2)c1. The van der Waals surface area contributed by atoms with Gasteiger partial charge in [0, 0.05) is 0 Å². The van der Waals surface area contributed by atoms with E-state index in [-0.39, 0.29) is 11.5 Å². The number of aromatic nitrogens is 3. The third-order valence-corrected chi connectivity index (χ3v) is 5.58. The van der Waals surface area contributed by atoms with Gasteiger partial charge in [0.05, 0.1) is 29.1 Å². The Bertz CT molecular complexity index is 995. The van der Waals surface area contributed by atoms with Gasteiger partial charge in [-0.25, -0.2) is 4.68 Å². The highest BCUT2D eigenvalue weighted by Crippen LogP contribution is 2.14. The van der Waals surface area contributed by atoms with E-state index in [0.29, 0.717) is 12.8 Å².